The van der Waals surface area contributed by atoms with E-state index in [2.05, 4.69) is 22.5 Å². The Morgan fingerprint density at radius 1 is 1.17 bits per heavy atom. The topological polar surface area (TPSA) is 79.4 Å². The first-order chi connectivity index (χ1) is 11.6. The number of amides is 3. The Kier molecular flexibility index (Phi) is 3.48. The maximum Gasteiger partial charge on any atom is 0.248 e. The van der Waals surface area contributed by atoms with E-state index >= 15 is 0 Å². The number of carbonyl (C=O) groups excluding carboxylic acids is 3. The molecule has 6 heteroatoms. The smallest absolute Gasteiger partial charge is 0.248 e. The van der Waals surface area contributed by atoms with Crippen LogP contribution in [0.1, 0.15) is 19.8 Å². The van der Waals surface area contributed by atoms with Crippen molar-refractivity contribution in [3.8, 4) is 0 Å². The van der Waals surface area contributed by atoms with Gasteiger partial charge in [0.05, 0.1) is 11.8 Å². The maximum absolute atomic E-state index is 12.8. The number of carbonyl (C=O) groups is 3. The first-order valence-electron chi connectivity index (χ1n) is 8.35. The number of hydrogen-bond acceptors (Lipinski definition) is 4. The van der Waals surface area contributed by atoms with Crippen LogP contribution in [-0.4, -0.2) is 33.6 Å². The zero-order chi connectivity index (χ0) is 16.8. The molecule has 2 heterocycles. The third-order valence-electron chi connectivity index (χ3n) is 5.48. The minimum Gasteiger partial charge on any atom is -0.309 e. The van der Waals surface area contributed by atoms with Gasteiger partial charge in [0.15, 0.2) is 0 Å². The Morgan fingerprint density at radius 2 is 1.79 bits per heavy atom. The van der Waals surface area contributed by atoms with Crippen LogP contribution in [0.5, 0.6) is 0 Å². The van der Waals surface area contributed by atoms with Crippen LogP contribution in [-0.2, 0) is 14.4 Å². The molecule has 4 aliphatic rings. The molecule has 0 unspecified atom stereocenters. The average Bonchev–Trinajstić information content (AvgIpc) is 2.89. The molecule has 24 heavy (non-hydrogen) atoms. The molecule has 0 aromatic carbocycles. The van der Waals surface area contributed by atoms with Gasteiger partial charge >= 0.3 is 0 Å². The van der Waals surface area contributed by atoms with Crippen LogP contribution >= 0.6 is 0 Å². The van der Waals surface area contributed by atoms with E-state index in [1.54, 1.807) is 31.3 Å². The Bertz CT molecular complexity index is 698. The second kappa shape index (κ2) is 5.54. The van der Waals surface area contributed by atoms with Crippen LogP contribution in [0.15, 0.2) is 36.5 Å². The van der Waals surface area contributed by atoms with Crippen molar-refractivity contribution in [2.75, 3.05) is 5.32 Å². The lowest BCUT2D eigenvalue weighted by Crippen LogP contribution is -2.46. The molecule has 6 nitrogen and oxygen atoms in total. The van der Waals surface area contributed by atoms with E-state index in [0.717, 1.165) is 12.8 Å². The number of aromatic nitrogens is 1. The van der Waals surface area contributed by atoms with Gasteiger partial charge in [-0.25, -0.2) is 4.98 Å². The average molecular weight is 325 g/mol. The van der Waals surface area contributed by atoms with Gasteiger partial charge in [0.25, 0.3) is 0 Å². The first kappa shape index (κ1) is 15.1. The summed E-state index contributed by atoms with van der Waals surface area (Å²) in [6, 6.07) is 4.34. The predicted molar refractivity (Wildman–Crippen MR) is 86.5 cm³/mol. The molecular formula is C18H19N3O3. The van der Waals surface area contributed by atoms with Crippen LogP contribution < -0.4 is 5.32 Å². The number of likely N-dealkylation sites (tertiary alicyclic amines) is 1. The summed E-state index contributed by atoms with van der Waals surface area (Å²) in [6.45, 7) is 1.60. The van der Waals surface area contributed by atoms with Crippen molar-refractivity contribution in [3.63, 3.8) is 0 Å². The van der Waals surface area contributed by atoms with Gasteiger partial charge in [0, 0.05) is 6.20 Å². The monoisotopic (exact) mass is 325 g/mol. The maximum atomic E-state index is 12.8. The lowest BCUT2D eigenvalue weighted by Gasteiger charge is -2.38. The number of nitrogens with one attached hydrogen (secondary N) is 1. The summed E-state index contributed by atoms with van der Waals surface area (Å²) in [5, 5.41) is 2.67. The SMILES string of the molecule is C[C@@H](C(=O)Nc1ccccn1)N1C(=O)[C@@H]2[C@H](C1=O)[C@H]1C=C[C@H]2CC1. The third-order valence-corrected chi connectivity index (χ3v) is 5.48. The van der Waals surface area contributed by atoms with Crippen LogP contribution in [0, 0.1) is 23.7 Å². The molecule has 5 atom stereocenters. The van der Waals surface area contributed by atoms with Gasteiger partial charge in [-0.2, -0.15) is 0 Å². The van der Waals surface area contributed by atoms with Crippen molar-refractivity contribution < 1.29 is 14.4 Å². The minimum absolute atomic E-state index is 0.132. The Labute approximate surface area is 139 Å². The Morgan fingerprint density at radius 3 is 2.29 bits per heavy atom. The van der Waals surface area contributed by atoms with Crippen molar-refractivity contribution >= 4 is 23.5 Å². The van der Waals surface area contributed by atoms with Crippen LogP contribution in [0.25, 0.3) is 0 Å². The van der Waals surface area contributed by atoms with Crippen LogP contribution in [0.4, 0.5) is 5.82 Å². The van der Waals surface area contributed by atoms with Gasteiger partial charge in [-0.3, -0.25) is 19.3 Å². The van der Waals surface area contributed by atoms with Gasteiger partial charge < -0.3 is 5.32 Å². The fourth-order valence-electron chi connectivity index (χ4n) is 4.26. The number of rotatable bonds is 3. The number of hydrogen-bond donors (Lipinski definition) is 1. The molecule has 5 rings (SSSR count). The molecule has 0 spiro atoms. The van der Waals surface area contributed by atoms with Crippen molar-refractivity contribution in [2.24, 2.45) is 23.7 Å². The first-order valence-corrected chi connectivity index (χ1v) is 8.35. The van der Waals surface area contributed by atoms with Crippen LogP contribution in [0.3, 0.4) is 0 Å². The highest BCUT2D eigenvalue weighted by molar-refractivity contribution is 6.10. The van der Waals surface area contributed by atoms with E-state index in [1.165, 1.54) is 4.90 Å². The van der Waals surface area contributed by atoms with E-state index in [1.807, 2.05) is 0 Å². The zero-order valence-electron chi connectivity index (χ0n) is 13.4. The molecule has 3 aliphatic carbocycles. The van der Waals surface area contributed by atoms with E-state index in [-0.39, 0.29) is 35.5 Å². The molecule has 1 aliphatic heterocycles. The number of pyridine rings is 1. The fraction of sp³-hybridized carbons (Fsp3) is 0.444. The molecule has 0 radical (unpaired) electrons. The molecule has 2 fully saturated rings. The second-order valence-electron chi connectivity index (χ2n) is 6.77. The summed E-state index contributed by atoms with van der Waals surface area (Å²) in [5.41, 5.74) is 0. The van der Waals surface area contributed by atoms with Crippen molar-refractivity contribution in [1.82, 2.24) is 9.88 Å². The van der Waals surface area contributed by atoms with Gasteiger partial charge in [0.1, 0.15) is 11.9 Å². The largest absolute Gasteiger partial charge is 0.309 e. The highest BCUT2D eigenvalue weighted by Gasteiger charge is 2.58. The molecule has 124 valence electrons. The summed E-state index contributed by atoms with van der Waals surface area (Å²) in [4.78, 5) is 43.3. The Hall–Kier alpha value is -2.50. The minimum atomic E-state index is -0.836. The molecule has 1 N–H and O–H groups in total. The summed E-state index contributed by atoms with van der Waals surface area (Å²) < 4.78 is 0. The van der Waals surface area contributed by atoms with Gasteiger partial charge in [-0.15, -0.1) is 0 Å². The molecule has 1 saturated heterocycles. The summed E-state index contributed by atoms with van der Waals surface area (Å²) in [6.07, 6.45) is 7.61. The molecule has 2 bridgehead atoms. The molecule has 1 saturated carbocycles. The molecule has 3 amide bonds. The number of imide groups is 1. The number of allylic oxidation sites excluding steroid dienone is 2. The van der Waals surface area contributed by atoms with Gasteiger partial charge in [-0.05, 0) is 43.7 Å². The molecular weight excluding hydrogens is 306 g/mol. The van der Waals surface area contributed by atoms with Gasteiger partial charge in [0.2, 0.25) is 17.7 Å². The van der Waals surface area contributed by atoms with E-state index in [0.29, 0.717) is 5.82 Å². The lowest BCUT2D eigenvalue weighted by molar-refractivity contribution is -0.146. The highest BCUT2D eigenvalue weighted by Crippen LogP contribution is 2.49. The molecule has 1 aromatic rings. The normalized spacial score (nSPS) is 32.0. The summed E-state index contributed by atoms with van der Waals surface area (Å²) >= 11 is 0. The number of anilines is 1. The molecule has 1 aromatic heterocycles. The standard InChI is InChI=1S/C18H19N3O3/c1-10(16(22)20-13-4-2-3-9-19-13)21-17(23)14-11-5-6-12(8-7-11)15(14)18(21)24/h2-6,9-12,14-15H,7-8H2,1H3,(H,19,20,22)/t10-,11-,12-,14-,15+/m0/s1. The number of nitrogens with zero attached hydrogens (tertiary/aromatic N) is 2. The summed E-state index contributed by atoms with van der Waals surface area (Å²) in [7, 11) is 0. The quantitative estimate of drug-likeness (QED) is 0.676. The van der Waals surface area contributed by atoms with Gasteiger partial charge in [-0.1, -0.05) is 18.2 Å². The van der Waals surface area contributed by atoms with Crippen molar-refractivity contribution in [1.29, 1.82) is 0 Å². The number of fused-ring (bicyclic) bond motifs is 1. The second-order valence-corrected chi connectivity index (χ2v) is 6.77. The van der Waals surface area contributed by atoms with E-state index in [4.69, 9.17) is 0 Å². The third kappa shape index (κ3) is 2.17. The highest BCUT2D eigenvalue weighted by atomic mass is 16.2. The van der Waals surface area contributed by atoms with Crippen molar-refractivity contribution in [2.45, 2.75) is 25.8 Å². The summed E-state index contributed by atoms with van der Waals surface area (Å²) in [5.74, 6) is -0.694. The van der Waals surface area contributed by atoms with Crippen molar-refractivity contribution in [3.05, 3.63) is 36.5 Å². The lowest BCUT2D eigenvalue weighted by atomic mass is 9.63. The predicted octanol–water partition coefficient (Wildman–Crippen LogP) is 1.61. The Balaban J connectivity index is 1.55. The van der Waals surface area contributed by atoms with Crippen LogP contribution in [0.2, 0.25) is 0 Å². The fourth-order valence-corrected chi connectivity index (χ4v) is 4.26. The zero-order valence-corrected chi connectivity index (χ0v) is 13.4. The van der Waals surface area contributed by atoms with E-state index in [9.17, 15) is 14.4 Å². The van der Waals surface area contributed by atoms with E-state index < -0.39 is 11.9 Å².